The summed E-state index contributed by atoms with van der Waals surface area (Å²) in [6.45, 7) is -0.348. The molecule has 4 aromatic carbocycles. The molecule has 1 N–H and O–H groups in total. The second kappa shape index (κ2) is 14.7. The summed E-state index contributed by atoms with van der Waals surface area (Å²) in [6, 6.07) is 33.1. The topological polar surface area (TPSA) is 86.8 Å². The van der Waals surface area contributed by atoms with Crippen molar-refractivity contribution in [1.82, 2.24) is 10.2 Å². The summed E-state index contributed by atoms with van der Waals surface area (Å²) >= 11 is 3.52. The van der Waals surface area contributed by atoms with Crippen molar-refractivity contribution in [2.45, 2.75) is 55.6 Å². The molecule has 1 aliphatic rings. The highest BCUT2D eigenvalue weighted by molar-refractivity contribution is 9.10. The Labute approximate surface area is 268 Å². The normalized spacial score (nSPS) is 14.1. The SMILES string of the molecule is O=C(NC1CCCC1)[C@H](Cc1ccccc1)N(Cc1cccc(Br)c1)C(=O)CN(c1ccccc1)S(=O)(=O)c1ccccc1. The van der Waals surface area contributed by atoms with Gasteiger partial charge in [0, 0.05) is 23.5 Å². The molecule has 0 heterocycles. The van der Waals surface area contributed by atoms with Crippen LogP contribution in [0, 0.1) is 0 Å². The van der Waals surface area contributed by atoms with Gasteiger partial charge in [-0.05, 0) is 60.4 Å². The van der Waals surface area contributed by atoms with Gasteiger partial charge in [0.1, 0.15) is 12.6 Å². The molecule has 1 aliphatic carbocycles. The van der Waals surface area contributed by atoms with E-state index >= 15 is 0 Å². The Morgan fingerprint density at radius 1 is 0.795 bits per heavy atom. The van der Waals surface area contributed by atoms with Crippen LogP contribution in [0.4, 0.5) is 5.69 Å². The van der Waals surface area contributed by atoms with E-state index in [4.69, 9.17) is 0 Å². The number of sulfonamides is 1. The third-order valence-corrected chi connectivity index (χ3v) is 10.2. The molecule has 0 radical (unpaired) electrons. The van der Waals surface area contributed by atoms with E-state index in [9.17, 15) is 18.0 Å². The molecule has 44 heavy (non-hydrogen) atoms. The molecule has 0 bridgehead atoms. The van der Waals surface area contributed by atoms with Gasteiger partial charge in [-0.15, -0.1) is 0 Å². The van der Waals surface area contributed by atoms with Gasteiger partial charge in [-0.2, -0.15) is 0 Å². The summed E-state index contributed by atoms with van der Waals surface area (Å²) in [5, 5.41) is 3.20. The number of rotatable bonds is 12. The Balaban J connectivity index is 1.55. The van der Waals surface area contributed by atoms with E-state index in [1.165, 1.54) is 17.0 Å². The molecule has 1 saturated carbocycles. The molecule has 0 saturated heterocycles. The number of carbonyl (C=O) groups excluding carboxylic acids is 2. The Morgan fingerprint density at radius 3 is 2.02 bits per heavy atom. The Morgan fingerprint density at radius 2 is 1.39 bits per heavy atom. The first-order valence-corrected chi connectivity index (χ1v) is 17.1. The van der Waals surface area contributed by atoms with E-state index in [0.29, 0.717) is 5.69 Å². The lowest BCUT2D eigenvalue weighted by atomic mass is 10.0. The number of para-hydroxylation sites is 1. The van der Waals surface area contributed by atoms with Crippen LogP contribution in [-0.4, -0.2) is 43.8 Å². The second-order valence-corrected chi connectivity index (χ2v) is 13.8. The smallest absolute Gasteiger partial charge is 0.264 e. The zero-order valence-corrected chi connectivity index (χ0v) is 26.8. The maximum absolute atomic E-state index is 14.5. The fourth-order valence-corrected chi connectivity index (χ4v) is 7.48. The number of hydrogen-bond donors (Lipinski definition) is 1. The minimum absolute atomic E-state index is 0.0582. The maximum atomic E-state index is 14.5. The lowest BCUT2D eigenvalue weighted by molar-refractivity contribution is -0.140. The van der Waals surface area contributed by atoms with E-state index in [2.05, 4.69) is 21.2 Å². The molecule has 5 rings (SSSR count). The third-order valence-electron chi connectivity index (χ3n) is 7.87. The lowest BCUT2D eigenvalue weighted by Gasteiger charge is -2.34. The van der Waals surface area contributed by atoms with E-state index in [-0.39, 0.29) is 29.8 Å². The molecule has 2 amide bonds. The number of nitrogens with one attached hydrogen (secondary N) is 1. The van der Waals surface area contributed by atoms with Crippen molar-refractivity contribution in [3.8, 4) is 0 Å². The molecule has 0 aliphatic heterocycles. The van der Waals surface area contributed by atoms with E-state index < -0.39 is 28.5 Å². The molecule has 9 heteroatoms. The predicted octanol–water partition coefficient (Wildman–Crippen LogP) is 6.34. The number of amides is 2. The van der Waals surface area contributed by atoms with Gasteiger partial charge >= 0.3 is 0 Å². The summed E-state index contributed by atoms with van der Waals surface area (Å²) in [4.78, 5) is 30.1. The number of hydrogen-bond acceptors (Lipinski definition) is 4. The number of anilines is 1. The quantitative estimate of drug-likeness (QED) is 0.190. The average molecular weight is 675 g/mol. The predicted molar refractivity (Wildman–Crippen MR) is 176 cm³/mol. The third kappa shape index (κ3) is 7.95. The number of halogens is 1. The summed E-state index contributed by atoms with van der Waals surface area (Å²) in [6.07, 6.45) is 4.20. The van der Waals surface area contributed by atoms with Crippen LogP contribution < -0.4 is 9.62 Å². The lowest BCUT2D eigenvalue weighted by Crippen LogP contribution is -2.54. The largest absolute Gasteiger partial charge is 0.352 e. The number of nitrogens with zero attached hydrogens (tertiary/aromatic N) is 2. The average Bonchev–Trinajstić information content (AvgIpc) is 3.56. The molecular weight excluding hydrogens is 638 g/mol. The monoisotopic (exact) mass is 673 g/mol. The van der Waals surface area contributed by atoms with Gasteiger partial charge in [-0.3, -0.25) is 13.9 Å². The zero-order chi connectivity index (χ0) is 30.9. The van der Waals surface area contributed by atoms with Crippen molar-refractivity contribution in [3.63, 3.8) is 0 Å². The second-order valence-electron chi connectivity index (χ2n) is 11.0. The van der Waals surface area contributed by atoms with Gasteiger partial charge in [0.2, 0.25) is 11.8 Å². The van der Waals surface area contributed by atoms with Crippen molar-refractivity contribution in [2.75, 3.05) is 10.8 Å². The van der Waals surface area contributed by atoms with Gasteiger partial charge in [-0.1, -0.05) is 108 Å². The molecule has 0 spiro atoms. The Hall–Kier alpha value is -3.95. The van der Waals surface area contributed by atoms with Gasteiger partial charge in [0.25, 0.3) is 10.0 Å². The van der Waals surface area contributed by atoms with Crippen LogP contribution in [-0.2, 0) is 32.6 Å². The van der Waals surface area contributed by atoms with Gasteiger partial charge < -0.3 is 10.2 Å². The molecule has 0 aromatic heterocycles. The maximum Gasteiger partial charge on any atom is 0.264 e. The van der Waals surface area contributed by atoms with Gasteiger partial charge in [0.05, 0.1) is 10.6 Å². The zero-order valence-electron chi connectivity index (χ0n) is 24.4. The first-order valence-electron chi connectivity index (χ1n) is 14.8. The van der Waals surface area contributed by atoms with Crippen molar-refractivity contribution in [1.29, 1.82) is 0 Å². The number of benzene rings is 4. The van der Waals surface area contributed by atoms with Crippen LogP contribution in [0.5, 0.6) is 0 Å². The molecule has 228 valence electrons. The van der Waals surface area contributed by atoms with Gasteiger partial charge in [0.15, 0.2) is 0 Å². The van der Waals surface area contributed by atoms with Crippen LogP contribution in [0.15, 0.2) is 125 Å². The summed E-state index contributed by atoms with van der Waals surface area (Å²) in [5.41, 5.74) is 2.08. The standard InChI is InChI=1S/C35H36BrN3O4S/c36-29-16-12-15-28(23-29)25-38(33(24-27-13-4-1-5-14-27)35(41)37-30-17-10-11-18-30)34(40)26-39(31-19-6-2-7-20-31)44(42,43)32-21-8-3-9-22-32/h1-9,12-16,19-23,30,33H,10-11,17-18,24-26H2,(H,37,41)/t33-/m0/s1. The fraction of sp³-hybridized carbons (Fsp3) is 0.257. The first-order chi connectivity index (χ1) is 21.3. The summed E-state index contributed by atoms with van der Waals surface area (Å²) in [7, 11) is -4.11. The van der Waals surface area contributed by atoms with Crippen LogP contribution in [0.2, 0.25) is 0 Å². The molecule has 0 unspecified atom stereocenters. The van der Waals surface area contributed by atoms with Crippen LogP contribution >= 0.6 is 15.9 Å². The van der Waals surface area contributed by atoms with Crippen molar-refractivity contribution in [2.24, 2.45) is 0 Å². The molecule has 7 nitrogen and oxygen atoms in total. The fourth-order valence-electron chi connectivity index (χ4n) is 5.60. The Kier molecular flexibility index (Phi) is 10.5. The first kappa shape index (κ1) is 31.5. The Bertz CT molecular complexity index is 1650. The molecule has 4 aromatic rings. The number of carbonyl (C=O) groups is 2. The highest BCUT2D eigenvalue weighted by Gasteiger charge is 2.35. The molecular formula is C35H36BrN3O4S. The summed E-state index contributed by atoms with van der Waals surface area (Å²) < 4.78 is 30.0. The van der Waals surface area contributed by atoms with Crippen LogP contribution in [0.1, 0.15) is 36.8 Å². The van der Waals surface area contributed by atoms with Crippen molar-refractivity contribution >= 4 is 43.5 Å². The van der Waals surface area contributed by atoms with Gasteiger partial charge in [-0.25, -0.2) is 8.42 Å². The minimum atomic E-state index is -4.11. The van der Waals surface area contributed by atoms with Crippen molar-refractivity contribution < 1.29 is 18.0 Å². The van der Waals surface area contributed by atoms with E-state index in [0.717, 1.165) is 45.6 Å². The summed E-state index contributed by atoms with van der Waals surface area (Å²) in [5.74, 6) is -0.711. The van der Waals surface area contributed by atoms with Crippen molar-refractivity contribution in [3.05, 3.63) is 131 Å². The van der Waals surface area contributed by atoms with Crippen LogP contribution in [0.25, 0.3) is 0 Å². The van der Waals surface area contributed by atoms with Crippen LogP contribution in [0.3, 0.4) is 0 Å². The van der Waals surface area contributed by atoms with E-state index in [1.807, 2.05) is 54.6 Å². The van der Waals surface area contributed by atoms with E-state index in [1.54, 1.807) is 48.5 Å². The molecule has 1 atom stereocenters. The minimum Gasteiger partial charge on any atom is -0.352 e. The molecule has 1 fully saturated rings. The highest BCUT2D eigenvalue weighted by atomic mass is 79.9. The highest BCUT2D eigenvalue weighted by Crippen LogP contribution is 2.26.